The van der Waals surface area contributed by atoms with Gasteiger partial charge in [0.1, 0.15) is 11.9 Å². The van der Waals surface area contributed by atoms with Gasteiger partial charge in [-0.25, -0.2) is 9.59 Å². The highest BCUT2D eigenvalue weighted by Gasteiger charge is 2.20. The first-order valence-electron chi connectivity index (χ1n) is 7.74. The van der Waals surface area contributed by atoms with E-state index in [1.165, 1.54) is 12.1 Å². The van der Waals surface area contributed by atoms with Gasteiger partial charge >= 0.3 is 12.1 Å². The number of carbonyl (C=O) groups excluding carboxylic acids is 1. The summed E-state index contributed by atoms with van der Waals surface area (Å²) in [4.78, 5) is 22.9. The molecule has 0 aromatic heterocycles. The van der Waals surface area contributed by atoms with Crippen LogP contribution in [0.5, 0.6) is 5.75 Å². The standard InChI is InChI=1S/C19H15BrN2O5/c20-13-6-9-16(23)15(10-13)17(2-1-3-18(24)25)27-19(26)22-14-7-4-12(11-21)5-8-14/h1,3-10,17,23H,2H2,(H,22,26)(H,24,25)/b3-1+/t17-/m0/s1. The van der Waals surface area contributed by atoms with E-state index >= 15 is 0 Å². The van der Waals surface area contributed by atoms with Gasteiger partial charge in [-0.05, 0) is 42.5 Å². The summed E-state index contributed by atoms with van der Waals surface area (Å²) in [5.41, 5.74) is 1.20. The molecule has 8 heteroatoms. The van der Waals surface area contributed by atoms with E-state index in [1.807, 2.05) is 6.07 Å². The predicted octanol–water partition coefficient (Wildman–Crippen LogP) is 4.35. The van der Waals surface area contributed by atoms with Gasteiger partial charge in [-0.1, -0.05) is 22.0 Å². The minimum Gasteiger partial charge on any atom is -0.508 e. The number of carbonyl (C=O) groups is 2. The van der Waals surface area contributed by atoms with Crippen LogP contribution in [0, 0.1) is 11.3 Å². The number of carboxylic acids is 1. The Hall–Kier alpha value is -3.31. The molecule has 27 heavy (non-hydrogen) atoms. The SMILES string of the molecule is N#Cc1ccc(NC(=O)O[C@@H](C/C=C/C(=O)O)c2cc(Br)ccc2O)cc1. The minimum absolute atomic E-state index is 0.0527. The molecule has 0 aliphatic heterocycles. The van der Waals surface area contributed by atoms with Gasteiger partial charge in [-0.2, -0.15) is 5.26 Å². The second-order valence-corrected chi connectivity index (χ2v) is 6.30. The fourth-order valence-corrected chi connectivity index (χ4v) is 2.60. The highest BCUT2D eigenvalue weighted by atomic mass is 79.9. The lowest BCUT2D eigenvalue weighted by Gasteiger charge is -2.18. The highest BCUT2D eigenvalue weighted by molar-refractivity contribution is 9.10. The molecular formula is C19H15BrN2O5. The summed E-state index contributed by atoms with van der Waals surface area (Å²) in [5, 5.41) is 30.1. The number of rotatable bonds is 6. The average molecular weight is 431 g/mol. The van der Waals surface area contributed by atoms with E-state index in [1.54, 1.807) is 36.4 Å². The van der Waals surface area contributed by atoms with Crippen molar-refractivity contribution in [1.29, 1.82) is 5.26 Å². The zero-order valence-corrected chi connectivity index (χ0v) is 15.5. The van der Waals surface area contributed by atoms with Crippen molar-refractivity contribution in [3.05, 3.63) is 70.2 Å². The maximum absolute atomic E-state index is 12.2. The van der Waals surface area contributed by atoms with Crippen LogP contribution in [0.3, 0.4) is 0 Å². The third-order valence-corrected chi connectivity index (χ3v) is 3.95. The van der Waals surface area contributed by atoms with Gasteiger partial charge in [-0.3, -0.25) is 5.32 Å². The second kappa shape index (κ2) is 9.40. The minimum atomic E-state index is -1.13. The maximum Gasteiger partial charge on any atom is 0.412 e. The van der Waals surface area contributed by atoms with Crippen molar-refractivity contribution in [2.75, 3.05) is 5.32 Å². The van der Waals surface area contributed by atoms with E-state index in [4.69, 9.17) is 15.1 Å². The summed E-state index contributed by atoms with van der Waals surface area (Å²) < 4.78 is 6.04. The average Bonchev–Trinajstić information content (AvgIpc) is 2.63. The molecule has 0 radical (unpaired) electrons. The topological polar surface area (TPSA) is 120 Å². The number of nitrogens with one attached hydrogen (secondary N) is 1. The van der Waals surface area contributed by atoms with Gasteiger partial charge in [0.05, 0.1) is 11.6 Å². The molecule has 1 amide bonds. The Labute approximate surface area is 163 Å². The fourth-order valence-electron chi connectivity index (χ4n) is 2.22. The molecule has 3 N–H and O–H groups in total. The maximum atomic E-state index is 12.2. The van der Waals surface area contributed by atoms with Crippen LogP contribution in [-0.2, 0) is 9.53 Å². The quantitative estimate of drug-likeness (QED) is 0.585. The molecule has 2 aromatic rings. The highest BCUT2D eigenvalue weighted by Crippen LogP contribution is 2.32. The van der Waals surface area contributed by atoms with E-state index in [0.29, 0.717) is 21.3 Å². The number of aromatic hydroxyl groups is 1. The molecular weight excluding hydrogens is 416 g/mol. The number of phenolic OH excluding ortho intramolecular Hbond substituents is 1. The van der Waals surface area contributed by atoms with E-state index in [-0.39, 0.29) is 12.2 Å². The predicted molar refractivity (Wildman–Crippen MR) is 101 cm³/mol. The van der Waals surface area contributed by atoms with Gasteiger partial charge in [0.25, 0.3) is 0 Å². The summed E-state index contributed by atoms with van der Waals surface area (Å²) in [6.07, 6.45) is 0.632. The van der Waals surface area contributed by atoms with Gasteiger partial charge in [0, 0.05) is 28.2 Å². The Balaban J connectivity index is 2.16. The number of amides is 1. The molecule has 0 saturated carbocycles. The molecule has 2 rings (SSSR count). The zero-order chi connectivity index (χ0) is 19.8. The second-order valence-electron chi connectivity index (χ2n) is 5.39. The van der Waals surface area contributed by atoms with Crippen molar-refractivity contribution < 1.29 is 24.5 Å². The van der Waals surface area contributed by atoms with Crippen molar-refractivity contribution in [2.45, 2.75) is 12.5 Å². The van der Waals surface area contributed by atoms with E-state index in [2.05, 4.69) is 21.2 Å². The number of aliphatic carboxylic acids is 1. The fraction of sp³-hybridized carbons (Fsp3) is 0.105. The van der Waals surface area contributed by atoms with E-state index in [0.717, 1.165) is 6.08 Å². The Morgan fingerprint density at radius 2 is 1.96 bits per heavy atom. The third kappa shape index (κ3) is 6.17. The number of ether oxygens (including phenoxy) is 1. The van der Waals surface area contributed by atoms with Crippen molar-refractivity contribution in [1.82, 2.24) is 0 Å². The number of anilines is 1. The summed E-state index contributed by atoms with van der Waals surface area (Å²) in [6, 6.07) is 12.8. The molecule has 0 fully saturated rings. The Morgan fingerprint density at radius 3 is 2.59 bits per heavy atom. The summed E-state index contributed by atoms with van der Waals surface area (Å²) in [7, 11) is 0. The largest absolute Gasteiger partial charge is 0.508 e. The molecule has 0 aliphatic rings. The smallest absolute Gasteiger partial charge is 0.412 e. The number of nitriles is 1. The van der Waals surface area contributed by atoms with E-state index in [9.17, 15) is 14.7 Å². The molecule has 0 heterocycles. The van der Waals surface area contributed by atoms with Crippen molar-refractivity contribution in [2.24, 2.45) is 0 Å². The summed E-state index contributed by atoms with van der Waals surface area (Å²) >= 11 is 3.28. The number of carboxylic acid groups (broad SMARTS) is 1. The first kappa shape index (κ1) is 20.0. The van der Waals surface area contributed by atoms with Crippen molar-refractivity contribution in [3.8, 4) is 11.8 Å². The van der Waals surface area contributed by atoms with Crippen LogP contribution >= 0.6 is 15.9 Å². The van der Waals surface area contributed by atoms with Crippen LogP contribution in [0.25, 0.3) is 0 Å². The van der Waals surface area contributed by atoms with Gasteiger partial charge in [0.2, 0.25) is 0 Å². The van der Waals surface area contributed by atoms with E-state index < -0.39 is 18.2 Å². The van der Waals surface area contributed by atoms with Gasteiger partial charge in [0.15, 0.2) is 0 Å². The van der Waals surface area contributed by atoms with Crippen LogP contribution in [0.1, 0.15) is 23.7 Å². The monoisotopic (exact) mass is 430 g/mol. The molecule has 0 aliphatic carbocycles. The van der Waals surface area contributed by atoms with Crippen LogP contribution in [-0.4, -0.2) is 22.3 Å². The first-order chi connectivity index (χ1) is 12.9. The normalized spacial score (nSPS) is 11.6. The summed E-state index contributed by atoms with van der Waals surface area (Å²) in [6.45, 7) is 0. The Morgan fingerprint density at radius 1 is 1.26 bits per heavy atom. The number of halogens is 1. The molecule has 1 atom stereocenters. The number of benzene rings is 2. The van der Waals surface area contributed by atoms with Gasteiger partial charge < -0.3 is 14.9 Å². The number of nitrogens with zero attached hydrogens (tertiary/aromatic N) is 1. The molecule has 0 saturated heterocycles. The van der Waals surface area contributed by atoms with Crippen LogP contribution in [0.4, 0.5) is 10.5 Å². The van der Waals surface area contributed by atoms with Gasteiger partial charge in [-0.15, -0.1) is 0 Å². The number of hydrogen-bond acceptors (Lipinski definition) is 5. The molecule has 7 nitrogen and oxygen atoms in total. The third-order valence-electron chi connectivity index (χ3n) is 3.46. The number of phenols is 1. The zero-order valence-electron chi connectivity index (χ0n) is 13.9. The van der Waals surface area contributed by atoms with Crippen LogP contribution in [0.2, 0.25) is 0 Å². The van der Waals surface area contributed by atoms with Crippen molar-refractivity contribution >= 4 is 33.7 Å². The van der Waals surface area contributed by atoms with Crippen LogP contribution in [0.15, 0.2) is 59.1 Å². The lowest BCUT2D eigenvalue weighted by molar-refractivity contribution is -0.131. The Kier molecular flexibility index (Phi) is 6.97. The molecule has 0 unspecified atom stereocenters. The lowest BCUT2D eigenvalue weighted by atomic mass is 10.1. The van der Waals surface area contributed by atoms with Crippen molar-refractivity contribution in [3.63, 3.8) is 0 Å². The van der Waals surface area contributed by atoms with Crippen LogP contribution < -0.4 is 5.32 Å². The Bertz CT molecular complexity index is 903. The first-order valence-corrected chi connectivity index (χ1v) is 8.54. The molecule has 2 aromatic carbocycles. The number of hydrogen-bond donors (Lipinski definition) is 3. The lowest BCUT2D eigenvalue weighted by Crippen LogP contribution is -2.17. The molecule has 0 spiro atoms. The summed E-state index contributed by atoms with van der Waals surface area (Å²) in [5.74, 6) is -1.22. The molecule has 0 bridgehead atoms. The molecule has 138 valence electrons.